The number of carbonyl (C=O) groups is 12. The number of amides is 12. The van der Waals surface area contributed by atoms with Gasteiger partial charge >= 0.3 is 6.09 Å². The summed E-state index contributed by atoms with van der Waals surface area (Å²) in [4.78, 5) is 157. The molecule has 2 aliphatic rings. The summed E-state index contributed by atoms with van der Waals surface area (Å²) >= 11 is 0. The number of nitrogens with zero attached hydrogens (tertiary/aromatic N) is 1. The van der Waals surface area contributed by atoms with Crippen LogP contribution in [0.15, 0.2) is 0 Å². The molecule has 0 unspecified atom stereocenters. The van der Waals surface area contributed by atoms with Crippen molar-refractivity contribution in [3.05, 3.63) is 0 Å². The van der Waals surface area contributed by atoms with Crippen molar-refractivity contribution in [2.45, 2.75) is 174 Å². The van der Waals surface area contributed by atoms with Crippen LogP contribution in [0.1, 0.15) is 120 Å². The van der Waals surface area contributed by atoms with Crippen LogP contribution < -0.4 is 70.0 Å². The zero-order valence-corrected chi connectivity index (χ0v) is 47.7. The largest absolute Gasteiger partial charge is 0.444 e. The number of nitrogens with two attached hydrogens (primary N) is 2. The molecule has 29 nitrogen and oxygen atoms in total. The maximum Gasteiger partial charge on any atom is 0.407 e. The maximum atomic E-state index is 13.6. The van der Waals surface area contributed by atoms with E-state index in [2.05, 4.69) is 58.5 Å². The van der Waals surface area contributed by atoms with Gasteiger partial charge in [0.15, 0.2) is 0 Å². The third-order valence-electron chi connectivity index (χ3n) is 12.4. The normalized spacial score (nSPS) is 17.9. The lowest BCUT2D eigenvalue weighted by Crippen LogP contribution is -2.57. The van der Waals surface area contributed by atoms with Crippen molar-refractivity contribution in [1.82, 2.24) is 63.4 Å². The molecular formula is C51H90N14O15. The van der Waals surface area contributed by atoms with Crippen molar-refractivity contribution in [3.63, 3.8) is 0 Å². The van der Waals surface area contributed by atoms with Crippen LogP contribution in [0.4, 0.5) is 4.79 Å². The standard InChI is InChI=1S/C51H90N14O15/c1-29(2)22-36(64-47(75)34(14-15-39(53)67)61-40(68)26-57-45(73)35-24-32(66)25-56-35)46(74)58-27-41(69)62-37(23-30(3)4)48(76)60-31(5)43(71)59-28-42(70)65-19-11-13-38(65)49(77)63-33(12-9-10-16-52)44(72)54-17-20-79-21-18-55-50(78)80-51(6,7)8/h29-38,56,66H,9-28,52H2,1-8H3,(H2,53,67)(H,54,72)(H,55,78)(H,57,73)(H,58,74)(H,59,71)(H,60,76)(H,61,68)(H,62,69)(H,63,77)(H,64,75)/t31-,32+,33-,34-,35-,36-,37-,38-/m0/s1. The molecule has 0 aromatic rings. The number of primary amides is 1. The van der Waals surface area contributed by atoms with Gasteiger partial charge in [0.25, 0.3) is 0 Å². The van der Waals surface area contributed by atoms with Gasteiger partial charge < -0.3 is 89.4 Å². The number of rotatable bonds is 35. The van der Waals surface area contributed by atoms with Crippen LogP contribution >= 0.6 is 0 Å². The molecule has 2 aliphatic heterocycles. The number of hydrogen-bond acceptors (Lipinski definition) is 17. The van der Waals surface area contributed by atoms with Gasteiger partial charge in [-0.3, -0.25) is 52.7 Å². The molecule has 0 aromatic carbocycles. The first-order valence-corrected chi connectivity index (χ1v) is 27.4. The summed E-state index contributed by atoms with van der Waals surface area (Å²) < 4.78 is 10.7. The Morgan fingerprint density at radius 2 is 1.21 bits per heavy atom. The molecule has 0 spiro atoms. The molecule has 454 valence electrons. The summed E-state index contributed by atoms with van der Waals surface area (Å²) in [5, 5.41) is 38.1. The first kappa shape index (κ1) is 69.4. The van der Waals surface area contributed by atoms with Gasteiger partial charge in [0.1, 0.15) is 41.9 Å². The molecule has 8 atom stereocenters. The second-order valence-electron chi connectivity index (χ2n) is 21.7. The van der Waals surface area contributed by atoms with Crippen molar-refractivity contribution in [2.24, 2.45) is 23.3 Å². The van der Waals surface area contributed by atoms with Gasteiger partial charge in [-0.25, -0.2) is 4.79 Å². The van der Waals surface area contributed by atoms with Crippen molar-refractivity contribution in [3.8, 4) is 0 Å². The summed E-state index contributed by atoms with van der Waals surface area (Å²) in [6.07, 6.45) is 0.705. The molecule has 2 fully saturated rings. The number of likely N-dealkylation sites (tertiary alicyclic amines) is 1. The van der Waals surface area contributed by atoms with E-state index in [9.17, 15) is 62.6 Å². The number of nitrogens with one attached hydrogen (secondary N) is 11. The summed E-state index contributed by atoms with van der Waals surface area (Å²) in [6, 6.07) is -7.55. The Hall–Kier alpha value is -6.72. The highest BCUT2D eigenvalue weighted by Gasteiger charge is 2.37. The Kier molecular flexibility index (Phi) is 31.1. The smallest absolute Gasteiger partial charge is 0.407 e. The lowest BCUT2D eigenvalue weighted by molar-refractivity contribution is -0.140. The maximum absolute atomic E-state index is 13.6. The number of carbonyl (C=O) groups excluding carboxylic acids is 12. The summed E-state index contributed by atoms with van der Waals surface area (Å²) in [6.45, 7) is 13.5. The highest BCUT2D eigenvalue weighted by molar-refractivity contribution is 5.97. The van der Waals surface area contributed by atoms with E-state index in [0.29, 0.717) is 32.2 Å². The van der Waals surface area contributed by atoms with E-state index in [1.165, 1.54) is 11.8 Å². The van der Waals surface area contributed by atoms with E-state index in [1.54, 1.807) is 48.5 Å². The van der Waals surface area contributed by atoms with Crippen LogP contribution in [0, 0.1) is 11.8 Å². The van der Waals surface area contributed by atoms with Crippen LogP contribution in [-0.2, 0) is 62.2 Å². The summed E-state index contributed by atoms with van der Waals surface area (Å²) in [7, 11) is 0. The Bertz CT molecular complexity index is 2110. The van der Waals surface area contributed by atoms with Crippen molar-refractivity contribution in [1.29, 1.82) is 0 Å². The topological polar surface area (TPSA) is 431 Å². The number of unbranched alkanes of at least 4 members (excludes halogenated alkanes) is 1. The number of aliphatic hydroxyl groups excluding tert-OH is 1. The first-order valence-electron chi connectivity index (χ1n) is 27.4. The van der Waals surface area contributed by atoms with Crippen molar-refractivity contribution < 1.29 is 72.1 Å². The van der Waals surface area contributed by atoms with E-state index in [-0.39, 0.29) is 89.8 Å². The van der Waals surface area contributed by atoms with E-state index in [0.717, 1.165) is 0 Å². The molecule has 2 heterocycles. The second-order valence-corrected chi connectivity index (χ2v) is 21.7. The van der Waals surface area contributed by atoms with Gasteiger partial charge in [-0.2, -0.15) is 0 Å². The van der Waals surface area contributed by atoms with Crippen LogP contribution in [0.25, 0.3) is 0 Å². The fraction of sp³-hybridized carbons (Fsp3) is 0.765. The minimum atomic E-state index is -1.35. The minimum Gasteiger partial charge on any atom is -0.444 e. The third-order valence-corrected chi connectivity index (χ3v) is 12.4. The average molecular weight is 1140 g/mol. The second kappa shape index (κ2) is 35.8. The molecule has 80 heavy (non-hydrogen) atoms. The molecule has 0 aliphatic carbocycles. The Morgan fingerprint density at radius 1 is 0.650 bits per heavy atom. The molecule has 29 heteroatoms. The molecule has 16 N–H and O–H groups in total. The lowest BCUT2D eigenvalue weighted by Gasteiger charge is -2.27. The number of aliphatic hydroxyl groups is 1. The highest BCUT2D eigenvalue weighted by atomic mass is 16.6. The van der Waals surface area contributed by atoms with E-state index in [1.807, 2.05) is 0 Å². The van der Waals surface area contributed by atoms with Gasteiger partial charge in [0.05, 0.1) is 45.0 Å². The Morgan fingerprint density at radius 3 is 1.80 bits per heavy atom. The Labute approximate surface area is 467 Å². The fourth-order valence-electron chi connectivity index (χ4n) is 8.40. The predicted molar refractivity (Wildman–Crippen MR) is 290 cm³/mol. The van der Waals surface area contributed by atoms with Gasteiger partial charge in [-0.1, -0.05) is 27.7 Å². The fourth-order valence-corrected chi connectivity index (χ4v) is 8.40. The van der Waals surface area contributed by atoms with E-state index in [4.69, 9.17) is 20.9 Å². The summed E-state index contributed by atoms with van der Waals surface area (Å²) in [5.41, 5.74) is 10.3. The van der Waals surface area contributed by atoms with Crippen LogP contribution in [0.2, 0.25) is 0 Å². The quantitative estimate of drug-likeness (QED) is 0.0267. The SMILES string of the molecule is CC(C)C[C@H](NC(=O)CNC(=O)[C@H](CC(C)C)NC(=O)[C@H](CCC(N)=O)NC(=O)CNC(=O)[C@@H]1C[C@@H](O)CN1)C(=O)N[C@@H](C)C(=O)NCC(=O)N1CCC[C@H]1C(=O)N[C@@H](CCCCN)C(=O)NCCOCCNC(=O)OC(C)(C)C. The van der Waals surface area contributed by atoms with E-state index >= 15 is 0 Å². The van der Waals surface area contributed by atoms with Crippen LogP contribution in [-0.4, -0.2) is 201 Å². The summed E-state index contributed by atoms with van der Waals surface area (Å²) in [5.74, 6) is -7.87. The molecule has 12 amide bonds. The number of hydrogen-bond donors (Lipinski definition) is 14. The zero-order chi connectivity index (χ0) is 60.1. The molecule has 2 rings (SSSR count). The monoisotopic (exact) mass is 1140 g/mol. The minimum absolute atomic E-state index is 0.0833. The van der Waals surface area contributed by atoms with Gasteiger partial charge in [0, 0.05) is 32.6 Å². The number of ether oxygens (including phenoxy) is 2. The third kappa shape index (κ3) is 27.9. The molecular weight excluding hydrogens is 1050 g/mol. The van der Waals surface area contributed by atoms with E-state index < -0.39 is 145 Å². The molecule has 0 saturated carbocycles. The van der Waals surface area contributed by atoms with Crippen molar-refractivity contribution >= 4 is 71.1 Å². The van der Waals surface area contributed by atoms with Crippen molar-refractivity contribution in [2.75, 3.05) is 65.6 Å². The van der Waals surface area contributed by atoms with Crippen LogP contribution in [0.5, 0.6) is 0 Å². The number of alkyl carbamates (subject to hydrolysis) is 1. The van der Waals surface area contributed by atoms with Gasteiger partial charge in [-0.15, -0.1) is 0 Å². The predicted octanol–water partition coefficient (Wildman–Crippen LogP) is -4.36. The molecule has 0 bridgehead atoms. The first-order chi connectivity index (χ1) is 37.6. The average Bonchev–Trinajstić information content (AvgIpc) is 4.06. The van der Waals surface area contributed by atoms with Gasteiger partial charge in [0.2, 0.25) is 65.0 Å². The zero-order valence-electron chi connectivity index (χ0n) is 47.7. The molecule has 2 saturated heterocycles. The molecule has 0 radical (unpaired) electrons. The van der Waals surface area contributed by atoms with Crippen LogP contribution in [0.3, 0.4) is 0 Å². The Balaban J connectivity index is 1.95. The van der Waals surface area contributed by atoms with Gasteiger partial charge in [-0.05, 0) is 104 Å². The lowest BCUT2D eigenvalue weighted by atomic mass is 10.0. The number of β-amino-alcohol motifs (C(OH)–C–C–N with tert-alkyl or cyclic N) is 1. The molecule has 0 aromatic heterocycles. The highest BCUT2D eigenvalue weighted by Crippen LogP contribution is 2.18.